The molecule has 1 aliphatic heterocycles. The maximum atomic E-state index is 12.8. The number of halogens is 1. The van der Waals surface area contributed by atoms with E-state index in [4.69, 9.17) is 16.3 Å². The number of carbonyl (C=O) groups is 3. The van der Waals surface area contributed by atoms with Gasteiger partial charge in [0, 0.05) is 41.9 Å². The fourth-order valence-electron chi connectivity index (χ4n) is 4.77. The molecule has 0 radical (unpaired) electrons. The predicted molar refractivity (Wildman–Crippen MR) is 189 cm³/mol. The quantitative estimate of drug-likeness (QED) is 0.129. The van der Waals surface area contributed by atoms with Crippen molar-refractivity contribution in [2.75, 3.05) is 32.6 Å². The van der Waals surface area contributed by atoms with Crippen molar-refractivity contribution >= 4 is 62.4 Å². The number of methoxy groups -OCH3 is 1. The molecular weight excluding hydrogens is 648 g/mol. The summed E-state index contributed by atoms with van der Waals surface area (Å²) < 4.78 is 29.5. The second-order valence-electron chi connectivity index (χ2n) is 11.0. The van der Waals surface area contributed by atoms with Crippen molar-refractivity contribution in [2.45, 2.75) is 78.2 Å². The first-order valence-corrected chi connectivity index (χ1v) is 17.6. The molecule has 0 unspecified atom stereocenters. The zero-order valence-electron chi connectivity index (χ0n) is 26.5. The van der Waals surface area contributed by atoms with Crippen LogP contribution < -0.4 is 15.4 Å². The van der Waals surface area contributed by atoms with E-state index < -0.39 is 16.0 Å². The Balaban J connectivity index is 0.000000633. The maximum Gasteiger partial charge on any atom is 0.337 e. The second-order valence-corrected chi connectivity index (χ2v) is 14.5. The summed E-state index contributed by atoms with van der Waals surface area (Å²) in [6, 6.07) is 10.5. The molecule has 1 atom stereocenters. The highest BCUT2D eigenvalue weighted by molar-refractivity contribution is 7.92. The van der Waals surface area contributed by atoms with Gasteiger partial charge in [0.15, 0.2) is 0 Å². The number of carbonyl (C=O) groups excluding carboxylic acids is 3. The summed E-state index contributed by atoms with van der Waals surface area (Å²) in [5.41, 5.74) is 0.940. The lowest BCUT2D eigenvalue weighted by molar-refractivity contribution is -0.134. The van der Waals surface area contributed by atoms with Crippen molar-refractivity contribution in [1.29, 1.82) is 0 Å². The van der Waals surface area contributed by atoms with Gasteiger partial charge in [-0.15, -0.1) is 11.3 Å². The van der Waals surface area contributed by atoms with Gasteiger partial charge >= 0.3 is 5.97 Å². The molecule has 1 amide bonds. The van der Waals surface area contributed by atoms with E-state index in [1.807, 2.05) is 11.0 Å². The number of amides is 1. The van der Waals surface area contributed by atoms with Crippen LogP contribution in [-0.2, 0) is 24.3 Å². The average Bonchev–Trinajstić information content (AvgIpc) is 3.61. The van der Waals surface area contributed by atoms with Crippen LogP contribution in [0.15, 0.2) is 54.2 Å². The number of rotatable bonds is 16. The fraction of sp³-hybridized carbons (Fsp3) is 0.485. The molecule has 1 aromatic carbocycles. The van der Waals surface area contributed by atoms with Gasteiger partial charge in [0.2, 0.25) is 15.9 Å². The Bertz CT molecular complexity index is 1440. The third kappa shape index (κ3) is 14.5. The minimum atomic E-state index is -3.28. The van der Waals surface area contributed by atoms with Crippen LogP contribution in [0.2, 0.25) is 4.34 Å². The highest BCUT2D eigenvalue weighted by Gasteiger charge is 2.39. The molecule has 0 aliphatic carbocycles. The van der Waals surface area contributed by atoms with Gasteiger partial charge in [0.25, 0.3) is 0 Å². The number of ether oxygens (including phenoxy) is 1. The minimum Gasteiger partial charge on any atom is -0.465 e. The zero-order chi connectivity index (χ0) is 33.5. The van der Waals surface area contributed by atoms with E-state index in [0.717, 1.165) is 61.0 Å². The number of sulfonamides is 1. The Kier molecular flexibility index (Phi) is 17.9. The normalized spacial score (nSPS) is 15.8. The van der Waals surface area contributed by atoms with Crippen LogP contribution in [0.4, 0.5) is 5.69 Å². The Labute approximate surface area is 283 Å². The van der Waals surface area contributed by atoms with Crippen molar-refractivity contribution in [1.82, 2.24) is 14.9 Å². The average molecular weight is 697 g/mol. The first-order valence-electron chi connectivity index (χ1n) is 14.8. The first kappa shape index (κ1) is 40.8. The summed E-state index contributed by atoms with van der Waals surface area (Å²) >= 11 is 6.99. The molecule has 10 nitrogen and oxygen atoms in total. The van der Waals surface area contributed by atoms with Gasteiger partial charge in [-0.2, -0.15) is 0 Å². The summed E-state index contributed by atoms with van der Waals surface area (Å²) in [6.45, 7) is 9.14. The van der Waals surface area contributed by atoms with Crippen LogP contribution in [0.1, 0.15) is 87.9 Å². The number of thiophene rings is 1. The lowest BCUT2D eigenvalue weighted by Gasteiger charge is -2.36. The third-order valence-corrected chi connectivity index (χ3v) is 9.53. The number of unbranched alkanes of at least 4 members (excludes halogenated alkanes) is 3. The van der Waals surface area contributed by atoms with Crippen LogP contribution >= 0.6 is 22.9 Å². The number of ketones is 1. The van der Waals surface area contributed by atoms with Crippen LogP contribution in [0.3, 0.4) is 0 Å². The van der Waals surface area contributed by atoms with Gasteiger partial charge in [-0.25, -0.2) is 17.9 Å². The number of esters is 1. The molecule has 1 aliphatic rings. The fourth-order valence-corrected chi connectivity index (χ4v) is 6.28. The monoisotopic (exact) mass is 696 g/mol. The Morgan fingerprint density at radius 2 is 1.83 bits per heavy atom. The molecule has 46 heavy (non-hydrogen) atoms. The standard InChI is InChI=1S/C25H37N3O4.C7H8ClNO2S2.CH4/c1-19(29)11-7-5-6-8-14-23(30)28-16-10-15-25(28,3)18-26-20(2)27-22-13-9-12-21(17-22)24(31)32-4;1-9-13(10,11)5-4-6-2-3-7(8)12-6;/h9,12-13,17,26-27H,2,5-8,10-11,14-16,18H2,1,3-4H3;2-5,9H,1H3;1H4/b;5-4+;/t25-;;/m0../s1. The summed E-state index contributed by atoms with van der Waals surface area (Å²) in [4.78, 5) is 38.3. The van der Waals surface area contributed by atoms with E-state index in [1.165, 1.54) is 31.6 Å². The van der Waals surface area contributed by atoms with Crippen LogP contribution in [-0.4, -0.2) is 63.8 Å². The molecule has 3 N–H and O–H groups in total. The van der Waals surface area contributed by atoms with Crippen molar-refractivity contribution in [3.8, 4) is 0 Å². The summed E-state index contributed by atoms with van der Waals surface area (Å²) in [5.74, 6) is 0.646. The highest BCUT2D eigenvalue weighted by atomic mass is 35.5. The Morgan fingerprint density at radius 1 is 1.13 bits per heavy atom. The van der Waals surface area contributed by atoms with Crippen molar-refractivity contribution in [2.24, 2.45) is 0 Å². The smallest absolute Gasteiger partial charge is 0.337 e. The van der Waals surface area contributed by atoms with Crippen LogP contribution in [0.25, 0.3) is 6.08 Å². The molecule has 13 heteroatoms. The van der Waals surface area contributed by atoms with E-state index in [2.05, 4.69) is 28.9 Å². The molecular formula is C33H49ClN4O6S2. The van der Waals surface area contributed by atoms with Crippen LogP contribution in [0, 0.1) is 0 Å². The van der Waals surface area contributed by atoms with Gasteiger partial charge in [-0.05, 0) is 83.0 Å². The molecule has 1 aromatic heterocycles. The molecule has 0 bridgehead atoms. The topological polar surface area (TPSA) is 134 Å². The Morgan fingerprint density at radius 3 is 2.43 bits per heavy atom. The van der Waals surface area contributed by atoms with E-state index in [1.54, 1.807) is 37.3 Å². The molecule has 2 heterocycles. The van der Waals surface area contributed by atoms with Gasteiger partial charge < -0.3 is 25.1 Å². The number of hydrogen-bond acceptors (Lipinski definition) is 9. The van der Waals surface area contributed by atoms with E-state index in [-0.39, 0.29) is 24.7 Å². The zero-order valence-corrected chi connectivity index (χ0v) is 28.9. The highest BCUT2D eigenvalue weighted by Crippen LogP contribution is 2.30. The van der Waals surface area contributed by atoms with Gasteiger partial charge in [0.1, 0.15) is 5.78 Å². The van der Waals surface area contributed by atoms with E-state index >= 15 is 0 Å². The predicted octanol–water partition coefficient (Wildman–Crippen LogP) is 6.81. The number of anilines is 1. The van der Waals surface area contributed by atoms with Crippen molar-refractivity contribution in [3.63, 3.8) is 0 Å². The molecule has 1 fully saturated rings. The summed E-state index contributed by atoms with van der Waals surface area (Å²) in [6.07, 6.45) is 8.36. The van der Waals surface area contributed by atoms with Gasteiger partial charge in [0.05, 0.1) is 28.4 Å². The molecule has 2 aromatic rings. The lowest BCUT2D eigenvalue weighted by Crippen LogP contribution is -2.51. The third-order valence-electron chi connectivity index (χ3n) is 7.27. The molecule has 1 saturated heterocycles. The van der Waals surface area contributed by atoms with Crippen molar-refractivity contribution in [3.05, 3.63) is 69.0 Å². The number of Topliss-reactive ketones (excluding diaryl/α,β-unsaturated/α-hetero) is 1. The number of nitrogens with one attached hydrogen (secondary N) is 3. The van der Waals surface area contributed by atoms with Crippen LogP contribution in [0.5, 0.6) is 0 Å². The largest absolute Gasteiger partial charge is 0.465 e. The number of hydrogen-bond donors (Lipinski definition) is 3. The summed E-state index contributed by atoms with van der Waals surface area (Å²) in [7, 11) is -0.559. The molecule has 3 rings (SSSR count). The lowest BCUT2D eigenvalue weighted by atomic mass is 9.98. The minimum absolute atomic E-state index is 0. The number of benzene rings is 1. The number of nitrogens with zero attached hydrogens (tertiary/aromatic N) is 1. The Hall–Kier alpha value is -3.19. The van der Waals surface area contributed by atoms with Gasteiger partial charge in [-0.3, -0.25) is 4.79 Å². The van der Waals surface area contributed by atoms with Crippen molar-refractivity contribution < 1.29 is 27.5 Å². The van der Waals surface area contributed by atoms with E-state index in [9.17, 15) is 22.8 Å². The van der Waals surface area contributed by atoms with E-state index in [0.29, 0.717) is 35.1 Å². The molecule has 0 saturated carbocycles. The molecule has 256 valence electrons. The number of likely N-dealkylation sites (tertiary alicyclic amines) is 1. The maximum absolute atomic E-state index is 12.8. The first-order chi connectivity index (χ1) is 21.3. The summed E-state index contributed by atoms with van der Waals surface area (Å²) in [5, 5.41) is 7.58. The van der Waals surface area contributed by atoms with Gasteiger partial charge in [-0.1, -0.05) is 44.5 Å². The molecule has 0 spiro atoms. The SMILES string of the molecule is C.C=C(NC[C@]1(C)CCCN1C(=O)CCCCCCC(C)=O)Nc1cccc(C(=O)OC)c1.CNS(=O)(=O)/C=C/c1ccc(Cl)s1. The second kappa shape index (κ2) is 20.1.